The van der Waals surface area contributed by atoms with Crippen molar-refractivity contribution >= 4 is 10.1 Å². The van der Waals surface area contributed by atoms with Crippen molar-refractivity contribution in [2.75, 3.05) is 0 Å². The molecule has 0 fully saturated rings. The van der Waals surface area contributed by atoms with Gasteiger partial charge in [-0.2, -0.15) is 8.42 Å². The van der Waals surface area contributed by atoms with Gasteiger partial charge in [0.15, 0.2) is 0 Å². The molecule has 0 saturated heterocycles. The van der Waals surface area contributed by atoms with Gasteiger partial charge in [0.2, 0.25) is 0 Å². The third kappa shape index (κ3) is 2.71. The van der Waals surface area contributed by atoms with Crippen molar-refractivity contribution in [2.24, 2.45) is 0 Å². The fourth-order valence-electron chi connectivity index (χ4n) is 1.62. The summed E-state index contributed by atoms with van der Waals surface area (Å²) in [7, 11) is -3.77. The SMILES string of the molecule is Cc1ccc(C)c(S(=O)(=O)Oc2ccccc2)c1. The summed E-state index contributed by atoms with van der Waals surface area (Å²) in [5.41, 5.74) is 1.56. The molecule has 0 bridgehead atoms. The number of aryl methyl sites for hydroxylation is 2. The summed E-state index contributed by atoms with van der Waals surface area (Å²) in [6.45, 7) is 3.60. The number of para-hydroxylation sites is 1. The van der Waals surface area contributed by atoms with Gasteiger partial charge < -0.3 is 4.18 Å². The van der Waals surface area contributed by atoms with E-state index in [1.165, 1.54) is 0 Å². The van der Waals surface area contributed by atoms with Crippen molar-refractivity contribution < 1.29 is 12.6 Å². The Hall–Kier alpha value is -1.81. The Morgan fingerprint density at radius 1 is 0.944 bits per heavy atom. The van der Waals surface area contributed by atoms with Crippen molar-refractivity contribution in [1.29, 1.82) is 0 Å². The molecule has 0 radical (unpaired) electrons. The molecule has 94 valence electrons. The van der Waals surface area contributed by atoms with E-state index in [0.717, 1.165) is 5.56 Å². The molecular weight excluding hydrogens is 248 g/mol. The number of rotatable bonds is 3. The van der Waals surface area contributed by atoms with Crippen LogP contribution in [0.2, 0.25) is 0 Å². The Labute approximate surface area is 107 Å². The second kappa shape index (κ2) is 4.82. The predicted octanol–water partition coefficient (Wildman–Crippen LogP) is 3.07. The molecule has 0 N–H and O–H groups in total. The number of hydrogen-bond acceptors (Lipinski definition) is 3. The zero-order valence-corrected chi connectivity index (χ0v) is 11.1. The van der Waals surface area contributed by atoms with Gasteiger partial charge in [0.25, 0.3) is 0 Å². The van der Waals surface area contributed by atoms with E-state index in [4.69, 9.17) is 4.18 Å². The maximum absolute atomic E-state index is 12.2. The van der Waals surface area contributed by atoms with Crippen LogP contribution in [0, 0.1) is 13.8 Å². The van der Waals surface area contributed by atoms with Crippen LogP contribution in [-0.2, 0) is 10.1 Å². The molecule has 0 amide bonds. The maximum atomic E-state index is 12.2. The largest absolute Gasteiger partial charge is 0.379 e. The molecule has 0 saturated carbocycles. The molecule has 2 rings (SSSR count). The monoisotopic (exact) mass is 262 g/mol. The molecule has 0 atom stereocenters. The van der Waals surface area contributed by atoms with Crippen molar-refractivity contribution in [3.05, 3.63) is 59.7 Å². The minimum absolute atomic E-state index is 0.214. The summed E-state index contributed by atoms with van der Waals surface area (Å²) in [6, 6.07) is 13.8. The fraction of sp³-hybridized carbons (Fsp3) is 0.143. The van der Waals surface area contributed by atoms with Crippen LogP contribution in [0.15, 0.2) is 53.4 Å². The summed E-state index contributed by atoms with van der Waals surface area (Å²) < 4.78 is 29.4. The van der Waals surface area contributed by atoms with Crippen molar-refractivity contribution in [3.63, 3.8) is 0 Å². The van der Waals surface area contributed by atoms with E-state index >= 15 is 0 Å². The molecule has 4 heteroatoms. The molecule has 2 aromatic rings. The molecule has 18 heavy (non-hydrogen) atoms. The van der Waals surface area contributed by atoms with Gasteiger partial charge >= 0.3 is 10.1 Å². The Morgan fingerprint density at radius 3 is 2.28 bits per heavy atom. The summed E-state index contributed by atoms with van der Waals surface area (Å²) in [6.07, 6.45) is 0. The lowest BCUT2D eigenvalue weighted by Gasteiger charge is -2.09. The Bertz CT molecular complexity index is 646. The molecule has 0 unspecified atom stereocenters. The zero-order chi connectivity index (χ0) is 13.2. The molecule has 2 aromatic carbocycles. The lowest BCUT2D eigenvalue weighted by molar-refractivity contribution is 0.485. The van der Waals surface area contributed by atoms with Crippen LogP contribution in [0.5, 0.6) is 5.75 Å². The van der Waals surface area contributed by atoms with Gasteiger partial charge in [-0.25, -0.2) is 0 Å². The lowest BCUT2D eigenvalue weighted by Crippen LogP contribution is -2.11. The van der Waals surface area contributed by atoms with Crippen LogP contribution in [-0.4, -0.2) is 8.42 Å². The topological polar surface area (TPSA) is 43.4 Å². The fourth-order valence-corrected chi connectivity index (χ4v) is 2.87. The Kier molecular flexibility index (Phi) is 3.39. The average molecular weight is 262 g/mol. The van der Waals surface area contributed by atoms with Crippen LogP contribution in [0.3, 0.4) is 0 Å². The van der Waals surface area contributed by atoms with Crippen LogP contribution < -0.4 is 4.18 Å². The molecular formula is C14H14O3S. The van der Waals surface area contributed by atoms with E-state index in [0.29, 0.717) is 11.3 Å². The quantitative estimate of drug-likeness (QED) is 0.798. The van der Waals surface area contributed by atoms with Gasteiger partial charge in [0, 0.05) is 0 Å². The third-order valence-electron chi connectivity index (χ3n) is 2.56. The summed E-state index contributed by atoms with van der Waals surface area (Å²) in [5.74, 6) is 0.318. The van der Waals surface area contributed by atoms with Crippen LogP contribution in [0.25, 0.3) is 0 Å². The van der Waals surface area contributed by atoms with Gasteiger partial charge in [-0.15, -0.1) is 0 Å². The highest BCUT2D eigenvalue weighted by atomic mass is 32.2. The van der Waals surface area contributed by atoms with Crippen molar-refractivity contribution in [3.8, 4) is 5.75 Å². The highest BCUT2D eigenvalue weighted by Crippen LogP contribution is 2.21. The highest BCUT2D eigenvalue weighted by Gasteiger charge is 2.19. The van der Waals surface area contributed by atoms with Gasteiger partial charge in [0.05, 0.1) is 0 Å². The van der Waals surface area contributed by atoms with Gasteiger partial charge in [0.1, 0.15) is 10.6 Å². The van der Waals surface area contributed by atoms with E-state index in [1.54, 1.807) is 49.4 Å². The second-order valence-corrected chi connectivity index (χ2v) is 5.63. The van der Waals surface area contributed by atoms with E-state index in [-0.39, 0.29) is 4.90 Å². The van der Waals surface area contributed by atoms with Gasteiger partial charge in [-0.05, 0) is 43.2 Å². The standard InChI is InChI=1S/C14H14O3S/c1-11-8-9-12(2)14(10-11)18(15,16)17-13-6-4-3-5-7-13/h3-10H,1-2H3. The Balaban J connectivity index is 2.40. The molecule has 3 nitrogen and oxygen atoms in total. The zero-order valence-electron chi connectivity index (χ0n) is 10.3. The smallest absolute Gasteiger partial charge is 0.339 e. The van der Waals surface area contributed by atoms with E-state index in [2.05, 4.69) is 0 Å². The predicted molar refractivity (Wildman–Crippen MR) is 70.2 cm³/mol. The van der Waals surface area contributed by atoms with Gasteiger partial charge in [-0.3, -0.25) is 0 Å². The first-order valence-electron chi connectivity index (χ1n) is 5.56. The van der Waals surface area contributed by atoms with Crippen LogP contribution in [0.4, 0.5) is 0 Å². The molecule has 0 spiro atoms. The minimum Gasteiger partial charge on any atom is -0.379 e. The molecule has 0 heterocycles. The van der Waals surface area contributed by atoms with Crippen LogP contribution >= 0.6 is 0 Å². The Morgan fingerprint density at radius 2 is 1.61 bits per heavy atom. The first-order valence-corrected chi connectivity index (χ1v) is 6.97. The first-order chi connectivity index (χ1) is 8.49. The molecule has 0 aliphatic rings. The molecule has 0 aliphatic heterocycles. The number of benzene rings is 2. The maximum Gasteiger partial charge on any atom is 0.339 e. The summed E-state index contributed by atoms with van der Waals surface area (Å²) >= 11 is 0. The average Bonchev–Trinajstić information content (AvgIpc) is 2.33. The second-order valence-electron chi connectivity index (χ2n) is 4.12. The third-order valence-corrected chi connectivity index (χ3v) is 3.95. The van der Waals surface area contributed by atoms with Crippen molar-refractivity contribution in [1.82, 2.24) is 0 Å². The molecule has 0 aliphatic carbocycles. The summed E-state index contributed by atoms with van der Waals surface area (Å²) in [4.78, 5) is 0.214. The normalized spacial score (nSPS) is 11.2. The van der Waals surface area contributed by atoms with E-state index in [9.17, 15) is 8.42 Å². The van der Waals surface area contributed by atoms with E-state index in [1.807, 2.05) is 13.0 Å². The molecule has 0 aromatic heterocycles. The lowest BCUT2D eigenvalue weighted by atomic mass is 10.2. The van der Waals surface area contributed by atoms with Gasteiger partial charge in [-0.1, -0.05) is 30.3 Å². The van der Waals surface area contributed by atoms with Crippen LogP contribution in [0.1, 0.15) is 11.1 Å². The first kappa shape index (κ1) is 12.6. The summed E-state index contributed by atoms with van der Waals surface area (Å²) in [5, 5.41) is 0. The van der Waals surface area contributed by atoms with Crippen molar-refractivity contribution in [2.45, 2.75) is 18.7 Å². The number of hydrogen-bond donors (Lipinski definition) is 0. The minimum atomic E-state index is -3.77. The van der Waals surface area contributed by atoms with E-state index < -0.39 is 10.1 Å². The highest BCUT2D eigenvalue weighted by molar-refractivity contribution is 7.87.